The van der Waals surface area contributed by atoms with Crippen molar-refractivity contribution in [3.63, 3.8) is 0 Å². The highest BCUT2D eigenvalue weighted by molar-refractivity contribution is 5.81. The van der Waals surface area contributed by atoms with Gasteiger partial charge in [-0.2, -0.15) is 0 Å². The van der Waals surface area contributed by atoms with E-state index in [0.717, 1.165) is 19.3 Å². The first kappa shape index (κ1) is 18.0. The maximum absolute atomic E-state index is 12.3. The van der Waals surface area contributed by atoms with Crippen molar-refractivity contribution in [2.45, 2.75) is 51.7 Å². The Morgan fingerprint density at radius 1 is 1.38 bits per heavy atom. The van der Waals surface area contributed by atoms with E-state index in [0.29, 0.717) is 11.7 Å². The van der Waals surface area contributed by atoms with Crippen LogP contribution in [0, 0.1) is 16.0 Å². The number of nitrogens with one attached hydrogen (secondary N) is 1. The zero-order valence-corrected chi connectivity index (χ0v) is 14.3. The van der Waals surface area contributed by atoms with Crippen molar-refractivity contribution in [1.82, 2.24) is 5.32 Å². The van der Waals surface area contributed by atoms with Crippen molar-refractivity contribution in [2.75, 3.05) is 7.11 Å². The molecule has 0 saturated heterocycles. The largest absolute Gasteiger partial charge is 0.496 e. The molecule has 0 spiro atoms. The summed E-state index contributed by atoms with van der Waals surface area (Å²) < 4.78 is 10.5. The number of carbonyl (C=O) groups is 1. The minimum absolute atomic E-state index is 0.0557. The van der Waals surface area contributed by atoms with Crippen LogP contribution < -0.4 is 14.8 Å². The summed E-state index contributed by atoms with van der Waals surface area (Å²) in [4.78, 5) is 23.0. The van der Waals surface area contributed by atoms with Gasteiger partial charge in [0.05, 0.1) is 18.1 Å². The van der Waals surface area contributed by atoms with Gasteiger partial charge in [0.15, 0.2) is 11.9 Å². The van der Waals surface area contributed by atoms with Crippen LogP contribution in [-0.4, -0.2) is 30.1 Å². The minimum Gasteiger partial charge on any atom is -0.496 e. The first-order valence-corrected chi connectivity index (χ1v) is 8.21. The SMILES string of the molecule is COc1ccc(O[C@H](C)C(=O)N[C@@H]2CCCC[C@H]2C)c([N+](=O)[O-])c1. The van der Waals surface area contributed by atoms with Crippen molar-refractivity contribution in [1.29, 1.82) is 0 Å². The molecule has 1 amide bonds. The van der Waals surface area contributed by atoms with Crippen LogP contribution in [0.4, 0.5) is 5.69 Å². The number of nitro groups is 1. The predicted molar refractivity (Wildman–Crippen MR) is 89.3 cm³/mol. The maximum atomic E-state index is 12.3. The first-order valence-electron chi connectivity index (χ1n) is 8.21. The van der Waals surface area contributed by atoms with Crippen LogP contribution in [0.25, 0.3) is 0 Å². The molecule has 3 atom stereocenters. The van der Waals surface area contributed by atoms with Crippen molar-refractivity contribution >= 4 is 11.6 Å². The molecule has 1 aliphatic carbocycles. The second kappa shape index (κ2) is 7.99. The minimum atomic E-state index is -0.814. The molecule has 1 N–H and O–H groups in total. The molecule has 1 aliphatic rings. The second-order valence-electron chi connectivity index (χ2n) is 6.23. The highest BCUT2D eigenvalue weighted by Gasteiger charge is 2.27. The topological polar surface area (TPSA) is 90.7 Å². The van der Waals surface area contributed by atoms with Gasteiger partial charge in [-0.05, 0) is 37.8 Å². The van der Waals surface area contributed by atoms with Crippen LogP contribution in [0.15, 0.2) is 18.2 Å². The Morgan fingerprint density at radius 3 is 2.71 bits per heavy atom. The number of nitrogens with zero attached hydrogens (tertiary/aromatic N) is 1. The molecule has 7 heteroatoms. The van der Waals surface area contributed by atoms with Crippen LogP contribution >= 0.6 is 0 Å². The Kier molecular flexibility index (Phi) is 6.00. The second-order valence-corrected chi connectivity index (χ2v) is 6.23. The summed E-state index contributed by atoms with van der Waals surface area (Å²) in [6.45, 7) is 3.72. The number of hydrogen-bond acceptors (Lipinski definition) is 5. The molecule has 2 rings (SSSR count). The lowest BCUT2D eigenvalue weighted by molar-refractivity contribution is -0.386. The zero-order chi connectivity index (χ0) is 17.7. The molecule has 0 aromatic heterocycles. The van der Waals surface area contributed by atoms with Gasteiger partial charge in [-0.1, -0.05) is 19.8 Å². The summed E-state index contributed by atoms with van der Waals surface area (Å²) in [7, 11) is 1.43. The number of nitro benzene ring substituents is 1. The fourth-order valence-electron chi connectivity index (χ4n) is 2.94. The Hall–Kier alpha value is -2.31. The molecule has 1 saturated carbocycles. The summed E-state index contributed by atoms with van der Waals surface area (Å²) in [5.41, 5.74) is -0.222. The monoisotopic (exact) mass is 336 g/mol. The molecule has 0 unspecified atom stereocenters. The molecule has 1 aromatic rings. The Morgan fingerprint density at radius 2 is 2.08 bits per heavy atom. The average molecular weight is 336 g/mol. The molecule has 7 nitrogen and oxygen atoms in total. The van der Waals surface area contributed by atoms with E-state index in [4.69, 9.17) is 9.47 Å². The fraction of sp³-hybridized carbons (Fsp3) is 0.588. The van der Waals surface area contributed by atoms with Crippen molar-refractivity contribution in [2.24, 2.45) is 5.92 Å². The maximum Gasteiger partial charge on any atom is 0.314 e. The lowest BCUT2D eigenvalue weighted by Crippen LogP contribution is -2.46. The molecule has 0 aliphatic heterocycles. The smallest absolute Gasteiger partial charge is 0.314 e. The third-order valence-corrected chi connectivity index (χ3v) is 4.47. The van der Waals surface area contributed by atoms with Gasteiger partial charge in [0.2, 0.25) is 0 Å². The van der Waals surface area contributed by atoms with E-state index in [1.165, 1.54) is 25.7 Å². The van der Waals surface area contributed by atoms with Crippen LogP contribution in [0.1, 0.15) is 39.5 Å². The van der Waals surface area contributed by atoms with E-state index in [2.05, 4.69) is 12.2 Å². The summed E-state index contributed by atoms with van der Waals surface area (Å²) in [6.07, 6.45) is 3.55. The third kappa shape index (κ3) is 4.37. The van der Waals surface area contributed by atoms with Gasteiger partial charge in [-0.25, -0.2) is 0 Å². The molecule has 24 heavy (non-hydrogen) atoms. The number of ether oxygens (including phenoxy) is 2. The zero-order valence-electron chi connectivity index (χ0n) is 14.3. The van der Waals surface area contributed by atoms with Gasteiger partial charge < -0.3 is 14.8 Å². The Bertz CT molecular complexity index is 605. The Balaban J connectivity index is 2.04. The van der Waals surface area contributed by atoms with Crippen LogP contribution in [0.5, 0.6) is 11.5 Å². The average Bonchev–Trinajstić information content (AvgIpc) is 2.57. The van der Waals surface area contributed by atoms with E-state index in [9.17, 15) is 14.9 Å². The molecular formula is C17H24N2O5. The number of hydrogen-bond donors (Lipinski definition) is 1. The van der Waals surface area contributed by atoms with E-state index in [1.54, 1.807) is 13.0 Å². The number of methoxy groups -OCH3 is 1. The quantitative estimate of drug-likeness (QED) is 0.637. The van der Waals surface area contributed by atoms with Gasteiger partial charge in [-0.15, -0.1) is 0 Å². The number of rotatable bonds is 6. The third-order valence-electron chi connectivity index (χ3n) is 4.47. The van der Waals surface area contributed by atoms with Crippen LogP contribution in [0.2, 0.25) is 0 Å². The lowest BCUT2D eigenvalue weighted by Gasteiger charge is -2.30. The summed E-state index contributed by atoms with van der Waals surface area (Å²) in [5.74, 6) is 0.603. The van der Waals surface area contributed by atoms with Crippen molar-refractivity contribution < 1.29 is 19.2 Å². The van der Waals surface area contributed by atoms with E-state index < -0.39 is 11.0 Å². The summed E-state index contributed by atoms with van der Waals surface area (Å²) >= 11 is 0. The summed E-state index contributed by atoms with van der Waals surface area (Å²) in [6, 6.07) is 4.44. The molecule has 1 fully saturated rings. The summed E-state index contributed by atoms with van der Waals surface area (Å²) in [5, 5.41) is 14.2. The molecule has 132 valence electrons. The van der Waals surface area contributed by atoms with Gasteiger partial charge in [0.1, 0.15) is 5.75 Å². The van der Waals surface area contributed by atoms with Gasteiger partial charge in [0.25, 0.3) is 5.91 Å². The van der Waals surface area contributed by atoms with Crippen molar-refractivity contribution in [3.8, 4) is 11.5 Å². The van der Waals surface area contributed by atoms with Gasteiger partial charge in [-0.3, -0.25) is 14.9 Å². The molecule has 0 heterocycles. The van der Waals surface area contributed by atoms with Gasteiger partial charge in [0, 0.05) is 6.04 Å². The normalized spacial score (nSPS) is 21.6. The highest BCUT2D eigenvalue weighted by atomic mass is 16.6. The van der Waals surface area contributed by atoms with E-state index in [1.807, 2.05) is 0 Å². The van der Waals surface area contributed by atoms with Gasteiger partial charge >= 0.3 is 5.69 Å². The van der Waals surface area contributed by atoms with E-state index in [-0.39, 0.29) is 23.4 Å². The molecule has 0 radical (unpaired) electrons. The molecule has 1 aromatic carbocycles. The Labute approximate surface area is 141 Å². The highest BCUT2D eigenvalue weighted by Crippen LogP contribution is 2.32. The van der Waals surface area contributed by atoms with Crippen LogP contribution in [-0.2, 0) is 4.79 Å². The fourth-order valence-corrected chi connectivity index (χ4v) is 2.94. The lowest BCUT2D eigenvalue weighted by atomic mass is 9.86. The standard InChI is InChI=1S/C17H24N2O5/c1-11-6-4-5-7-14(11)18-17(20)12(2)24-16-9-8-13(23-3)10-15(16)19(21)22/h8-12,14H,4-7H2,1-3H3,(H,18,20)/t11-,12-,14-/m1/s1. The first-order chi connectivity index (χ1) is 11.4. The van der Waals surface area contributed by atoms with Crippen molar-refractivity contribution in [3.05, 3.63) is 28.3 Å². The number of benzene rings is 1. The molecule has 0 bridgehead atoms. The molecular weight excluding hydrogens is 312 g/mol. The number of carbonyl (C=O) groups excluding carboxylic acids is 1. The number of amides is 1. The van der Waals surface area contributed by atoms with Crippen LogP contribution in [0.3, 0.4) is 0 Å². The van der Waals surface area contributed by atoms with E-state index >= 15 is 0 Å². The predicted octanol–water partition coefficient (Wildman–Crippen LogP) is 3.07.